The normalized spacial score (nSPS) is 17.8. The van der Waals surface area contributed by atoms with E-state index in [1.807, 2.05) is 24.3 Å². The summed E-state index contributed by atoms with van der Waals surface area (Å²) in [5.41, 5.74) is 7.11. The Kier molecular flexibility index (Phi) is 4.93. The Morgan fingerprint density at radius 2 is 0.775 bits per heavy atom. The van der Waals surface area contributed by atoms with Crippen molar-refractivity contribution < 1.29 is 19.2 Å². The van der Waals surface area contributed by atoms with Crippen LogP contribution in [0.15, 0.2) is 60.7 Å². The number of rotatable bonds is 2. The van der Waals surface area contributed by atoms with Crippen LogP contribution >= 0.6 is 0 Å². The topological polar surface area (TPSA) is 74.8 Å². The SMILES string of the molecule is O=C1c2ccc3c4c(ccc(c24)C(=O)N1c1cccc2c1CCCC2)C(=O)N(c1cccc2c1CCCC2)C3=O. The van der Waals surface area contributed by atoms with Gasteiger partial charge >= 0.3 is 0 Å². The van der Waals surface area contributed by atoms with Gasteiger partial charge in [0, 0.05) is 33.0 Å². The molecule has 4 amide bonds. The number of carbonyl (C=O) groups is 4. The Hall–Kier alpha value is -4.58. The molecule has 6 heteroatoms. The molecular formula is C34H26N2O4. The summed E-state index contributed by atoms with van der Waals surface area (Å²) in [5, 5.41) is 0.810. The maximum Gasteiger partial charge on any atom is 0.265 e. The van der Waals surface area contributed by atoms with Gasteiger partial charge in [-0.3, -0.25) is 19.2 Å². The van der Waals surface area contributed by atoms with Gasteiger partial charge in [0.2, 0.25) is 0 Å². The van der Waals surface area contributed by atoms with E-state index in [0.717, 1.165) is 62.5 Å². The summed E-state index contributed by atoms with van der Waals surface area (Å²) in [5.74, 6) is -1.67. The molecule has 0 N–H and O–H groups in total. The van der Waals surface area contributed by atoms with Gasteiger partial charge in [0.05, 0.1) is 11.4 Å². The standard InChI is InChI=1S/C34H26N2O4/c37-31-23-15-17-25-30-26(34(40)36(33(25)39)28-14-6-10-20-8-2-4-12-22(20)28)18-16-24(29(23)30)32(38)35(31)27-13-5-9-19-7-1-3-11-21(19)27/h5-6,9-10,13-18H,1-4,7-8,11-12H2. The van der Waals surface area contributed by atoms with Crippen LogP contribution in [0.5, 0.6) is 0 Å². The van der Waals surface area contributed by atoms with Crippen molar-refractivity contribution in [3.63, 3.8) is 0 Å². The van der Waals surface area contributed by atoms with Crippen molar-refractivity contribution in [1.29, 1.82) is 0 Å². The lowest BCUT2D eigenvalue weighted by molar-refractivity contribution is 0.0872. The third-order valence-electron chi connectivity index (χ3n) is 9.12. The fourth-order valence-corrected chi connectivity index (χ4v) is 7.25. The Bertz CT molecular complexity index is 1650. The van der Waals surface area contributed by atoms with Crippen LogP contribution in [-0.2, 0) is 25.7 Å². The summed E-state index contributed by atoms with van der Waals surface area (Å²) in [6.45, 7) is 0. The van der Waals surface area contributed by atoms with E-state index in [1.54, 1.807) is 24.3 Å². The second-order valence-electron chi connectivity index (χ2n) is 11.2. The molecule has 196 valence electrons. The molecule has 0 saturated heterocycles. The van der Waals surface area contributed by atoms with Crippen molar-refractivity contribution in [2.45, 2.75) is 51.4 Å². The monoisotopic (exact) mass is 526 g/mol. The van der Waals surface area contributed by atoms with E-state index >= 15 is 0 Å². The summed E-state index contributed by atoms with van der Waals surface area (Å²) in [4.78, 5) is 58.4. The largest absolute Gasteiger partial charge is 0.268 e. The Morgan fingerprint density at radius 1 is 0.425 bits per heavy atom. The fraction of sp³-hybridized carbons (Fsp3) is 0.235. The molecular weight excluding hydrogens is 500 g/mol. The highest BCUT2D eigenvalue weighted by Crippen LogP contribution is 2.42. The maximum absolute atomic E-state index is 14.0. The van der Waals surface area contributed by atoms with Gasteiger partial charge in [0.25, 0.3) is 23.6 Å². The van der Waals surface area contributed by atoms with E-state index in [9.17, 15) is 19.2 Å². The lowest BCUT2D eigenvalue weighted by Crippen LogP contribution is -2.44. The highest BCUT2D eigenvalue weighted by atomic mass is 16.2. The van der Waals surface area contributed by atoms with Gasteiger partial charge in [-0.15, -0.1) is 0 Å². The molecule has 0 fully saturated rings. The van der Waals surface area contributed by atoms with Gasteiger partial charge in [0.1, 0.15) is 0 Å². The molecule has 40 heavy (non-hydrogen) atoms. The summed E-state index contributed by atoms with van der Waals surface area (Å²) in [6.07, 6.45) is 7.74. The zero-order valence-corrected chi connectivity index (χ0v) is 22.0. The molecule has 0 unspecified atom stereocenters. The molecule has 2 aliphatic carbocycles. The molecule has 4 aliphatic rings. The number of benzene rings is 4. The van der Waals surface area contributed by atoms with Crippen molar-refractivity contribution in [2.24, 2.45) is 0 Å². The molecule has 0 saturated carbocycles. The predicted molar refractivity (Wildman–Crippen MR) is 152 cm³/mol. The van der Waals surface area contributed by atoms with Crippen LogP contribution in [0.4, 0.5) is 11.4 Å². The van der Waals surface area contributed by atoms with Crippen LogP contribution in [0.2, 0.25) is 0 Å². The van der Waals surface area contributed by atoms with Gasteiger partial charge < -0.3 is 0 Å². The quantitative estimate of drug-likeness (QED) is 0.292. The summed E-state index contributed by atoms with van der Waals surface area (Å²) >= 11 is 0. The predicted octanol–water partition coefficient (Wildman–Crippen LogP) is 6.20. The number of nitrogens with zero attached hydrogens (tertiary/aromatic N) is 2. The number of hydrogen-bond donors (Lipinski definition) is 0. The third-order valence-corrected chi connectivity index (χ3v) is 9.12. The molecule has 8 rings (SSSR count). The van der Waals surface area contributed by atoms with E-state index in [-0.39, 0.29) is 0 Å². The Balaban J connectivity index is 1.29. The van der Waals surface area contributed by atoms with Gasteiger partial charge in [-0.2, -0.15) is 0 Å². The van der Waals surface area contributed by atoms with E-state index in [0.29, 0.717) is 44.4 Å². The molecule has 0 spiro atoms. The molecule has 0 radical (unpaired) electrons. The van der Waals surface area contributed by atoms with E-state index in [2.05, 4.69) is 12.1 Å². The number of imide groups is 2. The molecule has 2 aliphatic heterocycles. The second kappa shape index (κ2) is 8.46. The van der Waals surface area contributed by atoms with E-state index < -0.39 is 23.6 Å². The zero-order valence-electron chi connectivity index (χ0n) is 22.0. The highest BCUT2D eigenvalue weighted by Gasteiger charge is 2.41. The van der Waals surface area contributed by atoms with E-state index in [4.69, 9.17) is 0 Å². The van der Waals surface area contributed by atoms with Crippen LogP contribution in [0.25, 0.3) is 10.8 Å². The van der Waals surface area contributed by atoms with Crippen molar-refractivity contribution in [1.82, 2.24) is 0 Å². The van der Waals surface area contributed by atoms with E-state index in [1.165, 1.54) is 20.9 Å². The third kappa shape index (κ3) is 3.04. The lowest BCUT2D eigenvalue weighted by Gasteiger charge is -2.34. The molecule has 4 aromatic carbocycles. The zero-order chi connectivity index (χ0) is 27.1. The highest BCUT2D eigenvalue weighted by molar-refractivity contribution is 6.42. The molecule has 0 bridgehead atoms. The number of carbonyl (C=O) groups excluding carboxylic acids is 4. The van der Waals surface area contributed by atoms with Gasteiger partial charge in [0.15, 0.2) is 0 Å². The first kappa shape index (κ1) is 23.3. The van der Waals surface area contributed by atoms with Crippen molar-refractivity contribution >= 4 is 45.8 Å². The van der Waals surface area contributed by atoms with Gasteiger partial charge in [-0.05, 0) is 110 Å². The van der Waals surface area contributed by atoms with Crippen LogP contribution in [-0.4, -0.2) is 23.6 Å². The summed E-state index contributed by atoms with van der Waals surface area (Å²) < 4.78 is 0. The van der Waals surface area contributed by atoms with Crippen LogP contribution in [0, 0.1) is 0 Å². The number of amides is 4. The molecule has 0 atom stereocenters. The van der Waals surface area contributed by atoms with Crippen LogP contribution in [0.3, 0.4) is 0 Å². The minimum absolute atomic E-state index is 0.342. The molecule has 0 aromatic heterocycles. The average Bonchev–Trinajstić information content (AvgIpc) is 2.99. The molecule has 4 aromatic rings. The van der Waals surface area contributed by atoms with Gasteiger partial charge in [-0.1, -0.05) is 24.3 Å². The van der Waals surface area contributed by atoms with Crippen molar-refractivity contribution in [3.8, 4) is 0 Å². The molecule has 2 heterocycles. The fourth-order valence-electron chi connectivity index (χ4n) is 7.25. The smallest absolute Gasteiger partial charge is 0.265 e. The first-order chi connectivity index (χ1) is 19.5. The number of anilines is 2. The summed E-state index contributed by atoms with van der Waals surface area (Å²) in [7, 11) is 0. The lowest BCUT2D eigenvalue weighted by atomic mass is 9.84. The molecule has 6 nitrogen and oxygen atoms in total. The second-order valence-corrected chi connectivity index (χ2v) is 11.2. The van der Waals surface area contributed by atoms with Crippen LogP contribution < -0.4 is 9.80 Å². The first-order valence-corrected chi connectivity index (χ1v) is 14.1. The number of hydrogen-bond acceptors (Lipinski definition) is 4. The van der Waals surface area contributed by atoms with Crippen molar-refractivity contribution in [2.75, 3.05) is 9.80 Å². The minimum atomic E-state index is -0.417. The van der Waals surface area contributed by atoms with Gasteiger partial charge in [-0.25, -0.2) is 9.80 Å². The Labute approximate surface area is 231 Å². The Morgan fingerprint density at radius 3 is 1.15 bits per heavy atom. The first-order valence-electron chi connectivity index (χ1n) is 14.1. The minimum Gasteiger partial charge on any atom is -0.268 e. The van der Waals surface area contributed by atoms with Crippen LogP contribution in [0.1, 0.15) is 89.4 Å². The summed E-state index contributed by atoms with van der Waals surface area (Å²) in [6, 6.07) is 18.2. The number of aryl methyl sites for hydroxylation is 2. The van der Waals surface area contributed by atoms with Crippen molar-refractivity contribution in [3.05, 3.63) is 105 Å². The number of fused-ring (bicyclic) bond motifs is 2. The average molecular weight is 527 g/mol. The maximum atomic E-state index is 14.0.